The molecule has 0 spiro atoms. The molecule has 0 saturated heterocycles. The summed E-state index contributed by atoms with van der Waals surface area (Å²) in [5.41, 5.74) is 0. The Morgan fingerprint density at radius 1 is 1.38 bits per heavy atom. The van der Waals surface area contributed by atoms with E-state index in [1.807, 2.05) is 6.92 Å². The Balaban J connectivity index is 1.44. The maximum atomic E-state index is 12.4. The minimum absolute atomic E-state index is 0.0110. The number of carbonyl (C=O) groups excluding carboxylic acids is 1. The van der Waals surface area contributed by atoms with Gasteiger partial charge in [-0.25, -0.2) is 0 Å². The van der Waals surface area contributed by atoms with Gasteiger partial charge in [-0.3, -0.25) is 4.79 Å². The fourth-order valence-electron chi connectivity index (χ4n) is 3.88. The largest absolute Gasteiger partial charge is 0.365 e. The molecule has 3 rings (SSSR count). The number of amides is 1. The van der Waals surface area contributed by atoms with Crippen LogP contribution in [-0.2, 0) is 28.9 Å². The lowest BCUT2D eigenvalue weighted by atomic mass is 9.88. The lowest BCUT2D eigenvalue weighted by Gasteiger charge is -2.29. The molecule has 6 heteroatoms. The van der Waals surface area contributed by atoms with Gasteiger partial charge in [0.1, 0.15) is 17.8 Å². The van der Waals surface area contributed by atoms with E-state index in [-0.39, 0.29) is 18.1 Å². The molecule has 0 unspecified atom stereocenters. The number of ether oxygens (including phenoxy) is 1. The second-order valence-electron chi connectivity index (χ2n) is 7.26. The molecule has 2 aliphatic rings. The van der Waals surface area contributed by atoms with Crippen LogP contribution >= 0.6 is 0 Å². The van der Waals surface area contributed by atoms with Gasteiger partial charge in [-0.15, -0.1) is 10.2 Å². The van der Waals surface area contributed by atoms with Crippen LogP contribution in [0.2, 0.25) is 0 Å². The lowest BCUT2D eigenvalue weighted by Crippen LogP contribution is -2.40. The van der Waals surface area contributed by atoms with Crippen molar-refractivity contribution in [2.75, 3.05) is 6.54 Å². The molecule has 0 radical (unpaired) electrons. The van der Waals surface area contributed by atoms with E-state index < -0.39 is 0 Å². The Labute approximate surface area is 144 Å². The maximum Gasteiger partial charge on any atom is 0.249 e. The third-order valence-corrected chi connectivity index (χ3v) is 5.24. The van der Waals surface area contributed by atoms with Gasteiger partial charge in [0.15, 0.2) is 0 Å². The molecule has 1 N–H and O–H groups in total. The predicted molar refractivity (Wildman–Crippen MR) is 91.6 cm³/mol. The molecule has 1 aliphatic carbocycles. The summed E-state index contributed by atoms with van der Waals surface area (Å²) in [7, 11) is 0. The number of fused-ring (bicyclic) bond motifs is 1. The van der Waals surface area contributed by atoms with E-state index in [1.165, 1.54) is 12.8 Å². The highest BCUT2D eigenvalue weighted by atomic mass is 16.5. The van der Waals surface area contributed by atoms with Crippen molar-refractivity contribution >= 4 is 5.91 Å². The second-order valence-corrected chi connectivity index (χ2v) is 7.26. The van der Waals surface area contributed by atoms with E-state index in [4.69, 9.17) is 4.74 Å². The van der Waals surface area contributed by atoms with Crippen LogP contribution in [0.3, 0.4) is 0 Å². The number of hydrogen-bond donors (Lipinski definition) is 1. The van der Waals surface area contributed by atoms with Gasteiger partial charge in [-0.1, -0.05) is 26.7 Å². The van der Waals surface area contributed by atoms with Crippen molar-refractivity contribution in [1.29, 1.82) is 0 Å². The standard InChI is InChI=1S/C18H30N4O2/c1-3-15(24-14-7-4-6-13(2)12-14)18(23)19-10-9-17-21-20-16-8-5-11-22(16)17/h13-15H,3-12H2,1-2H3,(H,19,23)/t13-,14-,15-/m0/s1. The van der Waals surface area contributed by atoms with E-state index >= 15 is 0 Å². The Hall–Kier alpha value is -1.43. The van der Waals surface area contributed by atoms with Crippen molar-refractivity contribution in [2.45, 2.75) is 84.0 Å². The highest BCUT2D eigenvalue weighted by molar-refractivity contribution is 5.80. The molecular weight excluding hydrogens is 304 g/mol. The zero-order chi connectivity index (χ0) is 16.9. The summed E-state index contributed by atoms with van der Waals surface area (Å²) in [6, 6.07) is 0. The zero-order valence-electron chi connectivity index (χ0n) is 15.0. The molecule has 1 aromatic rings. The van der Waals surface area contributed by atoms with E-state index in [1.54, 1.807) is 0 Å². The number of nitrogens with one attached hydrogen (secondary N) is 1. The molecule has 134 valence electrons. The van der Waals surface area contributed by atoms with E-state index in [2.05, 4.69) is 27.0 Å². The first-order chi connectivity index (χ1) is 11.7. The van der Waals surface area contributed by atoms with Crippen molar-refractivity contribution in [3.63, 3.8) is 0 Å². The van der Waals surface area contributed by atoms with Crippen molar-refractivity contribution in [3.8, 4) is 0 Å². The number of aryl methyl sites for hydroxylation is 1. The Bertz CT molecular complexity index is 557. The lowest BCUT2D eigenvalue weighted by molar-refractivity contribution is -0.139. The average Bonchev–Trinajstić information content (AvgIpc) is 3.17. The first-order valence-corrected chi connectivity index (χ1v) is 9.51. The molecule has 3 atom stereocenters. The smallest absolute Gasteiger partial charge is 0.249 e. The van der Waals surface area contributed by atoms with Crippen molar-refractivity contribution in [1.82, 2.24) is 20.1 Å². The summed E-state index contributed by atoms with van der Waals surface area (Å²) >= 11 is 0. The SMILES string of the molecule is CC[C@H](O[C@H]1CCC[C@H](C)C1)C(=O)NCCc1nnc2n1CCC2. The number of hydrogen-bond acceptors (Lipinski definition) is 4. The maximum absolute atomic E-state index is 12.4. The summed E-state index contributed by atoms with van der Waals surface area (Å²) in [6.45, 7) is 5.89. The van der Waals surface area contributed by atoms with Gasteiger partial charge in [-0.2, -0.15) is 0 Å². The van der Waals surface area contributed by atoms with E-state index in [0.29, 0.717) is 12.5 Å². The number of aromatic nitrogens is 3. The van der Waals surface area contributed by atoms with Gasteiger partial charge in [0, 0.05) is 25.9 Å². The van der Waals surface area contributed by atoms with Gasteiger partial charge >= 0.3 is 0 Å². The van der Waals surface area contributed by atoms with Gasteiger partial charge < -0.3 is 14.6 Å². The topological polar surface area (TPSA) is 69.0 Å². The van der Waals surface area contributed by atoms with Crippen LogP contribution in [-0.4, -0.2) is 39.4 Å². The Kier molecular flexibility index (Phi) is 5.87. The number of rotatable bonds is 7. The third kappa shape index (κ3) is 4.15. The van der Waals surface area contributed by atoms with Crippen LogP contribution in [0.15, 0.2) is 0 Å². The summed E-state index contributed by atoms with van der Waals surface area (Å²) in [6.07, 6.45) is 8.19. The van der Waals surface area contributed by atoms with Crippen LogP contribution in [0, 0.1) is 5.92 Å². The number of carbonyl (C=O) groups is 1. The molecule has 1 fully saturated rings. The van der Waals surface area contributed by atoms with Crippen LogP contribution in [0.5, 0.6) is 0 Å². The molecule has 1 aromatic heterocycles. The third-order valence-electron chi connectivity index (χ3n) is 5.24. The van der Waals surface area contributed by atoms with E-state index in [0.717, 1.165) is 56.7 Å². The quantitative estimate of drug-likeness (QED) is 0.830. The van der Waals surface area contributed by atoms with Gasteiger partial charge in [0.25, 0.3) is 0 Å². The molecule has 1 aliphatic heterocycles. The molecule has 0 bridgehead atoms. The Morgan fingerprint density at radius 2 is 2.25 bits per heavy atom. The van der Waals surface area contributed by atoms with Gasteiger partial charge in [0.2, 0.25) is 5.91 Å². The fraction of sp³-hybridized carbons (Fsp3) is 0.833. The Morgan fingerprint density at radius 3 is 3.04 bits per heavy atom. The van der Waals surface area contributed by atoms with Crippen molar-refractivity contribution < 1.29 is 9.53 Å². The highest BCUT2D eigenvalue weighted by Crippen LogP contribution is 2.27. The van der Waals surface area contributed by atoms with Crippen LogP contribution in [0.1, 0.15) is 64.0 Å². The monoisotopic (exact) mass is 334 g/mol. The average molecular weight is 334 g/mol. The minimum atomic E-state index is -0.329. The fourth-order valence-corrected chi connectivity index (χ4v) is 3.88. The zero-order valence-corrected chi connectivity index (χ0v) is 15.0. The molecule has 0 aromatic carbocycles. The van der Waals surface area contributed by atoms with Gasteiger partial charge in [-0.05, 0) is 31.6 Å². The molecule has 2 heterocycles. The summed E-state index contributed by atoms with van der Waals surface area (Å²) in [4.78, 5) is 12.4. The summed E-state index contributed by atoms with van der Waals surface area (Å²) in [5.74, 6) is 2.78. The van der Waals surface area contributed by atoms with Crippen LogP contribution < -0.4 is 5.32 Å². The first-order valence-electron chi connectivity index (χ1n) is 9.51. The molecular formula is C18H30N4O2. The number of nitrogens with zero attached hydrogens (tertiary/aromatic N) is 3. The first kappa shape index (κ1) is 17.4. The molecule has 24 heavy (non-hydrogen) atoms. The predicted octanol–water partition coefficient (Wildman–Crippen LogP) is 2.26. The summed E-state index contributed by atoms with van der Waals surface area (Å²) < 4.78 is 8.27. The second kappa shape index (κ2) is 8.10. The highest BCUT2D eigenvalue weighted by Gasteiger charge is 2.26. The minimum Gasteiger partial charge on any atom is -0.365 e. The molecule has 6 nitrogen and oxygen atoms in total. The van der Waals surface area contributed by atoms with E-state index in [9.17, 15) is 4.79 Å². The van der Waals surface area contributed by atoms with Gasteiger partial charge in [0.05, 0.1) is 6.10 Å². The summed E-state index contributed by atoms with van der Waals surface area (Å²) in [5, 5.41) is 11.5. The van der Waals surface area contributed by atoms with Crippen molar-refractivity contribution in [2.24, 2.45) is 5.92 Å². The van der Waals surface area contributed by atoms with Crippen LogP contribution in [0.4, 0.5) is 0 Å². The normalized spacial score (nSPS) is 24.6. The van der Waals surface area contributed by atoms with Crippen LogP contribution in [0.25, 0.3) is 0 Å². The molecule has 1 saturated carbocycles. The molecule has 1 amide bonds. The van der Waals surface area contributed by atoms with Crippen molar-refractivity contribution in [3.05, 3.63) is 11.6 Å².